The smallest absolute Gasteiger partial charge is 0.336 e. The third kappa shape index (κ3) is 2.87. The van der Waals surface area contributed by atoms with Crippen LogP contribution in [0.3, 0.4) is 0 Å². The largest absolute Gasteiger partial charge is 0.464 e. The minimum Gasteiger partial charge on any atom is -0.464 e. The fourth-order valence-corrected chi connectivity index (χ4v) is 3.01. The molecule has 0 amide bonds. The third-order valence-corrected chi connectivity index (χ3v) is 3.97. The molecule has 2 N–H and O–H groups in total. The topological polar surface area (TPSA) is 78.6 Å². The van der Waals surface area contributed by atoms with E-state index in [1.165, 1.54) is 6.07 Å². The monoisotopic (exact) mass is 337 g/mol. The normalized spacial score (nSPS) is 11.1. The average molecular weight is 338 g/mol. The lowest BCUT2D eigenvalue weighted by molar-refractivity contribution is 0.128. The lowest BCUT2D eigenvalue weighted by atomic mass is 9.97. The van der Waals surface area contributed by atoms with Gasteiger partial charge in [-0.3, -0.25) is 0 Å². The van der Waals surface area contributed by atoms with Crippen molar-refractivity contribution in [3.63, 3.8) is 0 Å². The summed E-state index contributed by atoms with van der Waals surface area (Å²) < 4.78 is 16.6. The van der Waals surface area contributed by atoms with Crippen molar-refractivity contribution in [3.8, 4) is 0 Å². The van der Waals surface area contributed by atoms with E-state index in [-0.39, 0.29) is 18.0 Å². The van der Waals surface area contributed by atoms with Crippen molar-refractivity contribution in [2.45, 2.75) is 27.4 Å². The number of rotatable bonds is 4. The molecule has 124 valence electrons. The minimum atomic E-state index is -0.385. The van der Waals surface area contributed by atoms with Gasteiger partial charge in [0.05, 0.1) is 19.5 Å². The maximum absolute atomic E-state index is 11.9. The van der Waals surface area contributed by atoms with Crippen LogP contribution in [0, 0.1) is 20.8 Å². The summed E-state index contributed by atoms with van der Waals surface area (Å²) in [6, 6.07) is 1.49. The molecule has 3 aromatic rings. The first-order chi connectivity index (χ1) is 10.5. The van der Waals surface area contributed by atoms with Crippen molar-refractivity contribution >= 4 is 34.3 Å². The number of benzene rings is 1. The van der Waals surface area contributed by atoms with Crippen molar-refractivity contribution in [2.24, 2.45) is 5.73 Å². The Labute approximate surface area is 139 Å². The quantitative estimate of drug-likeness (QED) is 0.583. The molecule has 2 heterocycles. The van der Waals surface area contributed by atoms with Crippen LogP contribution in [0.2, 0.25) is 0 Å². The Morgan fingerprint density at radius 1 is 1.13 bits per heavy atom. The number of halogens is 1. The van der Waals surface area contributed by atoms with Gasteiger partial charge in [0.15, 0.2) is 0 Å². The lowest BCUT2D eigenvalue weighted by Crippen LogP contribution is -2.10. The first-order valence-electron chi connectivity index (χ1n) is 7.26. The van der Waals surface area contributed by atoms with Crippen molar-refractivity contribution < 1.29 is 13.6 Å². The van der Waals surface area contributed by atoms with E-state index in [1.807, 2.05) is 20.8 Å². The van der Waals surface area contributed by atoms with Crippen LogP contribution in [0.15, 0.2) is 26.0 Å². The summed E-state index contributed by atoms with van der Waals surface area (Å²) >= 11 is 0. The van der Waals surface area contributed by atoms with Crippen LogP contribution in [-0.2, 0) is 11.3 Å². The highest BCUT2D eigenvalue weighted by molar-refractivity contribution is 6.03. The van der Waals surface area contributed by atoms with E-state index in [1.54, 1.807) is 6.26 Å². The second-order valence-corrected chi connectivity index (χ2v) is 5.51. The summed E-state index contributed by atoms with van der Waals surface area (Å²) in [5.74, 6) is 0. The molecule has 23 heavy (non-hydrogen) atoms. The van der Waals surface area contributed by atoms with Crippen LogP contribution in [0.25, 0.3) is 21.9 Å². The fourth-order valence-electron chi connectivity index (χ4n) is 3.01. The maximum Gasteiger partial charge on any atom is 0.336 e. The Kier molecular flexibility index (Phi) is 5.14. The number of furan rings is 1. The van der Waals surface area contributed by atoms with Crippen LogP contribution in [-0.4, -0.2) is 13.2 Å². The Hall–Kier alpha value is -1.82. The molecule has 0 spiro atoms. The van der Waals surface area contributed by atoms with E-state index in [0.717, 1.165) is 38.6 Å². The van der Waals surface area contributed by atoms with Crippen molar-refractivity contribution in [3.05, 3.63) is 45.0 Å². The second kappa shape index (κ2) is 6.74. The lowest BCUT2D eigenvalue weighted by Gasteiger charge is -2.12. The fraction of sp³-hybridized carbons (Fsp3) is 0.353. The van der Waals surface area contributed by atoms with Crippen molar-refractivity contribution in [2.75, 3.05) is 13.2 Å². The van der Waals surface area contributed by atoms with Crippen LogP contribution >= 0.6 is 12.4 Å². The van der Waals surface area contributed by atoms with E-state index >= 15 is 0 Å². The summed E-state index contributed by atoms with van der Waals surface area (Å²) in [7, 11) is 0. The van der Waals surface area contributed by atoms with Gasteiger partial charge in [0.25, 0.3) is 0 Å². The second-order valence-electron chi connectivity index (χ2n) is 5.51. The van der Waals surface area contributed by atoms with Crippen LogP contribution < -0.4 is 11.4 Å². The van der Waals surface area contributed by atoms with Gasteiger partial charge in [-0.1, -0.05) is 0 Å². The van der Waals surface area contributed by atoms with Gasteiger partial charge in [-0.05, 0) is 37.5 Å². The standard InChI is InChI=1S/C17H19NO4.ClH/c1-9-7-21-16-11(3)17-15(10(2)14(9)16)12(6-13(19)22-17)8-20-5-4-18;/h6-7H,4-5,8,18H2,1-3H3;1H. The first-order valence-corrected chi connectivity index (χ1v) is 7.26. The SMILES string of the molecule is Cc1c2occ(C)c2c(C)c2c(COCCN)cc(=O)oc12.Cl. The Bertz CT molecular complexity index is 910. The molecule has 0 fully saturated rings. The molecule has 2 aromatic heterocycles. The van der Waals surface area contributed by atoms with Gasteiger partial charge in [0.2, 0.25) is 0 Å². The molecule has 0 saturated heterocycles. The zero-order valence-electron chi connectivity index (χ0n) is 13.4. The Balaban J connectivity index is 0.00000192. The molecule has 0 bridgehead atoms. The highest BCUT2D eigenvalue weighted by Gasteiger charge is 2.18. The molecule has 0 atom stereocenters. The average Bonchev–Trinajstić information content (AvgIpc) is 2.87. The molecule has 0 radical (unpaired) electrons. The molecule has 0 unspecified atom stereocenters. The summed E-state index contributed by atoms with van der Waals surface area (Å²) in [5.41, 5.74) is 10.2. The van der Waals surface area contributed by atoms with Crippen molar-refractivity contribution in [1.29, 1.82) is 0 Å². The van der Waals surface area contributed by atoms with E-state index in [0.29, 0.717) is 25.3 Å². The number of aryl methyl sites for hydroxylation is 3. The Morgan fingerprint density at radius 3 is 2.57 bits per heavy atom. The molecule has 5 nitrogen and oxygen atoms in total. The Morgan fingerprint density at radius 2 is 1.87 bits per heavy atom. The minimum absolute atomic E-state index is 0. The predicted molar refractivity (Wildman–Crippen MR) is 92.4 cm³/mol. The number of nitrogens with two attached hydrogens (primary N) is 1. The van der Waals surface area contributed by atoms with Gasteiger partial charge in [-0.15, -0.1) is 12.4 Å². The predicted octanol–water partition coefficient (Wildman–Crippen LogP) is 3.36. The third-order valence-electron chi connectivity index (χ3n) is 3.97. The molecular formula is C17H20ClNO4. The highest BCUT2D eigenvalue weighted by Crippen LogP contribution is 2.35. The molecular weight excluding hydrogens is 318 g/mol. The van der Waals surface area contributed by atoms with E-state index < -0.39 is 0 Å². The molecule has 3 rings (SSSR count). The van der Waals surface area contributed by atoms with Gasteiger partial charge < -0.3 is 19.3 Å². The number of ether oxygens (including phenoxy) is 1. The van der Waals surface area contributed by atoms with E-state index in [4.69, 9.17) is 19.3 Å². The molecule has 6 heteroatoms. The van der Waals surface area contributed by atoms with Crippen molar-refractivity contribution in [1.82, 2.24) is 0 Å². The number of fused-ring (bicyclic) bond motifs is 2. The zero-order chi connectivity index (χ0) is 15.9. The maximum atomic E-state index is 11.9. The first kappa shape index (κ1) is 17.5. The molecule has 0 aliphatic carbocycles. The summed E-state index contributed by atoms with van der Waals surface area (Å²) in [4.78, 5) is 11.9. The van der Waals surface area contributed by atoms with Gasteiger partial charge in [0, 0.05) is 28.9 Å². The van der Waals surface area contributed by atoms with E-state index in [9.17, 15) is 4.79 Å². The van der Waals surface area contributed by atoms with Crippen LogP contribution in [0.1, 0.15) is 22.3 Å². The molecule has 1 aromatic carbocycles. The number of hydrogen-bond acceptors (Lipinski definition) is 5. The van der Waals surface area contributed by atoms with Gasteiger partial charge in [0.1, 0.15) is 11.2 Å². The van der Waals surface area contributed by atoms with Crippen LogP contribution in [0.4, 0.5) is 0 Å². The van der Waals surface area contributed by atoms with Gasteiger partial charge >= 0.3 is 5.63 Å². The summed E-state index contributed by atoms with van der Waals surface area (Å²) in [6.45, 7) is 7.16. The summed E-state index contributed by atoms with van der Waals surface area (Å²) in [5, 5.41) is 1.99. The van der Waals surface area contributed by atoms with E-state index in [2.05, 4.69) is 0 Å². The number of hydrogen-bond donors (Lipinski definition) is 1. The zero-order valence-corrected chi connectivity index (χ0v) is 14.2. The highest BCUT2D eigenvalue weighted by atomic mass is 35.5. The molecule has 0 saturated carbocycles. The molecule has 0 aliphatic heterocycles. The molecule has 0 aliphatic rings. The summed E-state index contributed by atoms with van der Waals surface area (Å²) in [6.07, 6.45) is 1.73. The van der Waals surface area contributed by atoms with Gasteiger partial charge in [-0.25, -0.2) is 4.79 Å². The van der Waals surface area contributed by atoms with Gasteiger partial charge in [-0.2, -0.15) is 0 Å². The van der Waals surface area contributed by atoms with Crippen LogP contribution in [0.5, 0.6) is 0 Å².